The van der Waals surface area contributed by atoms with Crippen molar-refractivity contribution in [3.05, 3.63) is 35.9 Å². The van der Waals surface area contributed by atoms with Gasteiger partial charge in [0.1, 0.15) is 12.7 Å². The summed E-state index contributed by atoms with van der Waals surface area (Å²) in [7, 11) is 0. The topological polar surface area (TPSA) is 96.2 Å². The van der Waals surface area contributed by atoms with Crippen LogP contribution in [0.1, 0.15) is 16.8 Å². The molecule has 1 saturated heterocycles. The Morgan fingerprint density at radius 1 is 1.26 bits per heavy atom. The summed E-state index contributed by atoms with van der Waals surface area (Å²) in [6, 6.07) is 8.47. The van der Waals surface area contributed by atoms with Gasteiger partial charge in [-0.1, -0.05) is 18.2 Å². The highest BCUT2D eigenvalue weighted by molar-refractivity contribution is 5.89. The Bertz CT molecular complexity index is 408. The molecule has 4 atom stereocenters. The van der Waals surface area contributed by atoms with Gasteiger partial charge in [0, 0.05) is 6.42 Å². The lowest BCUT2D eigenvalue weighted by Gasteiger charge is -2.33. The van der Waals surface area contributed by atoms with Gasteiger partial charge in [0.15, 0.2) is 6.29 Å². The summed E-state index contributed by atoms with van der Waals surface area (Å²) in [5, 5.41) is 28.1. The van der Waals surface area contributed by atoms with E-state index in [9.17, 15) is 20.1 Å². The van der Waals surface area contributed by atoms with E-state index >= 15 is 0 Å². The van der Waals surface area contributed by atoms with Gasteiger partial charge in [-0.25, -0.2) is 4.79 Å². The third-order valence-corrected chi connectivity index (χ3v) is 2.93. The molecule has 2 unspecified atom stereocenters. The number of aliphatic hydroxyl groups is 3. The highest BCUT2D eigenvalue weighted by Gasteiger charge is 2.36. The molecule has 6 nitrogen and oxygen atoms in total. The molecule has 0 saturated carbocycles. The molecule has 1 aromatic carbocycles. The van der Waals surface area contributed by atoms with Crippen molar-refractivity contribution in [1.82, 2.24) is 0 Å². The van der Waals surface area contributed by atoms with Crippen LogP contribution in [0.25, 0.3) is 0 Å². The number of hydrogen-bond acceptors (Lipinski definition) is 6. The van der Waals surface area contributed by atoms with Crippen LogP contribution in [-0.4, -0.2) is 52.5 Å². The summed E-state index contributed by atoms with van der Waals surface area (Å²) < 4.78 is 10.1. The number of carbonyl (C=O) groups excluding carboxylic acids is 1. The van der Waals surface area contributed by atoms with Gasteiger partial charge in [-0.3, -0.25) is 0 Å². The zero-order valence-electron chi connectivity index (χ0n) is 10.2. The van der Waals surface area contributed by atoms with Crippen molar-refractivity contribution in [3.63, 3.8) is 0 Å². The molecule has 2 rings (SSSR count). The van der Waals surface area contributed by atoms with Gasteiger partial charge in [0.2, 0.25) is 0 Å². The third kappa shape index (κ3) is 3.51. The van der Waals surface area contributed by atoms with E-state index in [0.29, 0.717) is 5.56 Å². The fourth-order valence-corrected chi connectivity index (χ4v) is 1.87. The van der Waals surface area contributed by atoms with Crippen molar-refractivity contribution in [3.8, 4) is 0 Å². The van der Waals surface area contributed by atoms with E-state index in [-0.39, 0.29) is 13.0 Å². The Balaban J connectivity index is 1.84. The number of rotatable bonds is 3. The number of ether oxygens (including phenoxy) is 2. The maximum atomic E-state index is 11.7. The maximum absolute atomic E-state index is 11.7. The third-order valence-electron chi connectivity index (χ3n) is 2.93. The molecule has 1 fully saturated rings. The summed E-state index contributed by atoms with van der Waals surface area (Å²) in [5.74, 6) is -0.501. The van der Waals surface area contributed by atoms with E-state index in [2.05, 4.69) is 0 Å². The first-order chi connectivity index (χ1) is 9.08. The molecule has 0 aliphatic carbocycles. The van der Waals surface area contributed by atoms with Crippen molar-refractivity contribution in [1.29, 1.82) is 0 Å². The lowest BCUT2D eigenvalue weighted by atomic mass is 10.0. The molecular weight excluding hydrogens is 252 g/mol. The summed E-state index contributed by atoms with van der Waals surface area (Å²) in [4.78, 5) is 11.7. The first-order valence-electron chi connectivity index (χ1n) is 6.00. The van der Waals surface area contributed by atoms with Crippen molar-refractivity contribution in [2.75, 3.05) is 6.61 Å². The Labute approximate surface area is 110 Å². The largest absolute Gasteiger partial charge is 0.459 e. The highest BCUT2D eigenvalue weighted by atomic mass is 16.6. The summed E-state index contributed by atoms with van der Waals surface area (Å²) >= 11 is 0. The maximum Gasteiger partial charge on any atom is 0.338 e. The van der Waals surface area contributed by atoms with Gasteiger partial charge in [-0.2, -0.15) is 0 Å². The van der Waals surface area contributed by atoms with E-state index in [1.165, 1.54) is 0 Å². The molecule has 1 aliphatic heterocycles. The zero-order chi connectivity index (χ0) is 13.8. The minimum Gasteiger partial charge on any atom is -0.459 e. The Morgan fingerprint density at radius 3 is 2.58 bits per heavy atom. The Morgan fingerprint density at radius 2 is 1.95 bits per heavy atom. The monoisotopic (exact) mass is 268 g/mol. The quantitative estimate of drug-likeness (QED) is 0.650. The van der Waals surface area contributed by atoms with Gasteiger partial charge in [0.25, 0.3) is 0 Å². The van der Waals surface area contributed by atoms with E-state index in [4.69, 9.17) is 9.47 Å². The summed E-state index contributed by atoms with van der Waals surface area (Å²) in [5.41, 5.74) is 0.416. The second-order valence-corrected chi connectivity index (χ2v) is 4.41. The second kappa shape index (κ2) is 6.12. The molecule has 6 heteroatoms. The standard InChI is InChI=1S/C13H16O6/c14-10-6-9(19-13(17)11(10)15)7-18-12(16)8-4-2-1-3-5-8/h1-5,9-11,13-15,17H,6-7H2/t9-,10?,11?,13-/m1/s1. The minimum atomic E-state index is -1.47. The number of esters is 1. The predicted molar refractivity (Wildman–Crippen MR) is 64.2 cm³/mol. The molecule has 0 radical (unpaired) electrons. The van der Waals surface area contributed by atoms with E-state index in [1.54, 1.807) is 30.3 Å². The Kier molecular flexibility index (Phi) is 4.49. The average molecular weight is 268 g/mol. The molecule has 0 aromatic heterocycles. The van der Waals surface area contributed by atoms with Gasteiger partial charge < -0.3 is 24.8 Å². The van der Waals surface area contributed by atoms with Gasteiger partial charge >= 0.3 is 5.97 Å². The first-order valence-corrected chi connectivity index (χ1v) is 6.00. The lowest BCUT2D eigenvalue weighted by Crippen LogP contribution is -2.49. The molecule has 1 aliphatic rings. The van der Waals surface area contributed by atoms with Gasteiger partial charge in [-0.15, -0.1) is 0 Å². The fraction of sp³-hybridized carbons (Fsp3) is 0.462. The highest BCUT2D eigenvalue weighted by Crippen LogP contribution is 2.19. The lowest BCUT2D eigenvalue weighted by molar-refractivity contribution is -0.251. The first kappa shape index (κ1) is 14.0. The van der Waals surface area contributed by atoms with Crippen LogP contribution in [-0.2, 0) is 9.47 Å². The predicted octanol–water partition coefficient (Wildman–Crippen LogP) is -0.328. The second-order valence-electron chi connectivity index (χ2n) is 4.41. The number of hydrogen-bond donors (Lipinski definition) is 3. The summed E-state index contributed by atoms with van der Waals surface area (Å²) in [6.45, 7) is -0.0887. The number of carbonyl (C=O) groups is 1. The van der Waals surface area contributed by atoms with Crippen molar-refractivity contribution in [2.24, 2.45) is 0 Å². The molecule has 3 N–H and O–H groups in total. The molecule has 104 valence electrons. The molecule has 1 aromatic rings. The Hall–Kier alpha value is -1.47. The van der Waals surface area contributed by atoms with Crippen molar-refractivity contribution < 1.29 is 29.6 Å². The van der Waals surface area contributed by atoms with Gasteiger partial charge in [-0.05, 0) is 12.1 Å². The van der Waals surface area contributed by atoms with Gasteiger partial charge in [0.05, 0.1) is 17.8 Å². The van der Waals surface area contributed by atoms with Crippen LogP contribution < -0.4 is 0 Å². The number of benzene rings is 1. The fourth-order valence-electron chi connectivity index (χ4n) is 1.87. The van der Waals surface area contributed by atoms with Crippen LogP contribution in [0, 0.1) is 0 Å². The molecule has 1 heterocycles. The minimum absolute atomic E-state index is 0.0887. The zero-order valence-corrected chi connectivity index (χ0v) is 10.2. The molecule has 19 heavy (non-hydrogen) atoms. The molecule has 0 amide bonds. The van der Waals surface area contributed by atoms with Crippen molar-refractivity contribution >= 4 is 5.97 Å². The van der Waals surface area contributed by atoms with Crippen LogP contribution in [0.3, 0.4) is 0 Å². The molecule has 0 bridgehead atoms. The van der Waals surface area contributed by atoms with E-state index < -0.39 is 30.6 Å². The normalized spacial score (nSPS) is 30.9. The van der Waals surface area contributed by atoms with Crippen LogP contribution in [0.15, 0.2) is 30.3 Å². The SMILES string of the molecule is O=C(OC[C@H]1CC(O)C(O)[C@H](O)O1)c1ccccc1. The van der Waals surface area contributed by atoms with Crippen LogP contribution in [0.5, 0.6) is 0 Å². The van der Waals surface area contributed by atoms with Crippen LogP contribution in [0.4, 0.5) is 0 Å². The van der Waals surface area contributed by atoms with Crippen LogP contribution in [0.2, 0.25) is 0 Å². The smallest absolute Gasteiger partial charge is 0.338 e. The summed E-state index contributed by atoms with van der Waals surface area (Å²) in [6.07, 6.45) is -4.43. The molecule has 0 spiro atoms. The van der Waals surface area contributed by atoms with Crippen molar-refractivity contribution in [2.45, 2.75) is 31.0 Å². The molecular formula is C13H16O6. The van der Waals surface area contributed by atoms with E-state index in [1.807, 2.05) is 0 Å². The average Bonchev–Trinajstić information content (AvgIpc) is 2.43. The van der Waals surface area contributed by atoms with E-state index in [0.717, 1.165) is 0 Å². The van der Waals surface area contributed by atoms with Crippen LogP contribution >= 0.6 is 0 Å². The number of aliphatic hydroxyl groups excluding tert-OH is 3.